The number of nitrogens with one attached hydrogen (secondary N) is 3. The number of fused-ring (bicyclic) bond motifs is 2. The molecule has 4 aromatic heterocycles. The fraction of sp³-hybridized carbons (Fsp3) is 0.235. The molecule has 1 unspecified atom stereocenters. The van der Waals surface area contributed by atoms with Gasteiger partial charge in [-0.2, -0.15) is 5.10 Å². The molecule has 12 heteroatoms. The van der Waals surface area contributed by atoms with Crippen LogP contribution in [0.2, 0.25) is 0 Å². The lowest BCUT2D eigenvalue weighted by molar-refractivity contribution is -0.120. The van der Waals surface area contributed by atoms with Crippen LogP contribution in [-0.2, 0) is 14.6 Å². The van der Waals surface area contributed by atoms with Gasteiger partial charge in [-0.3, -0.25) is 14.9 Å². The molecule has 1 aliphatic carbocycles. The van der Waals surface area contributed by atoms with Crippen LogP contribution in [0.15, 0.2) is 73.1 Å². The van der Waals surface area contributed by atoms with Gasteiger partial charge in [-0.05, 0) is 78.1 Å². The van der Waals surface area contributed by atoms with Crippen molar-refractivity contribution in [2.24, 2.45) is 11.7 Å². The van der Waals surface area contributed by atoms with E-state index in [0.29, 0.717) is 39.4 Å². The van der Waals surface area contributed by atoms with Crippen molar-refractivity contribution in [2.75, 3.05) is 11.6 Å². The van der Waals surface area contributed by atoms with Crippen LogP contribution in [0.5, 0.6) is 0 Å². The van der Waals surface area contributed by atoms with Gasteiger partial charge in [-0.1, -0.05) is 31.4 Å². The number of nitrogens with two attached hydrogens (primary N) is 1. The molecule has 0 bridgehead atoms. The molecule has 6 aromatic rings. The van der Waals surface area contributed by atoms with Crippen molar-refractivity contribution < 1.29 is 17.6 Å². The number of amides is 1. The molecule has 234 valence electrons. The average Bonchev–Trinajstić information content (AvgIpc) is 3.68. The van der Waals surface area contributed by atoms with E-state index in [9.17, 15) is 17.6 Å². The second-order valence-electron chi connectivity index (χ2n) is 11.9. The van der Waals surface area contributed by atoms with Gasteiger partial charge in [0.1, 0.15) is 22.4 Å². The highest BCUT2D eigenvalue weighted by Gasteiger charge is 2.23. The van der Waals surface area contributed by atoms with E-state index < -0.39 is 21.0 Å². The average molecular weight is 638 g/mol. The molecule has 0 saturated heterocycles. The highest BCUT2D eigenvalue weighted by Crippen LogP contribution is 2.36. The number of anilines is 1. The molecule has 1 amide bonds. The minimum absolute atomic E-state index is 0.0325. The van der Waals surface area contributed by atoms with E-state index in [0.717, 1.165) is 60.0 Å². The van der Waals surface area contributed by atoms with Gasteiger partial charge in [0.2, 0.25) is 5.91 Å². The van der Waals surface area contributed by atoms with E-state index in [2.05, 4.69) is 25.5 Å². The van der Waals surface area contributed by atoms with Gasteiger partial charge in [-0.25, -0.2) is 17.8 Å². The summed E-state index contributed by atoms with van der Waals surface area (Å²) in [7, 11) is -3.63. The summed E-state index contributed by atoms with van der Waals surface area (Å²) in [6.07, 6.45) is 9.55. The van der Waals surface area contributed by atoms with Crippen molar-refractivity contribution in [3.63, 3.8) is 0 Å². The monoisotopic (exact) mass is 637 g/mol. The predicted molar refractivity (Wildman–Crippen MR) is 177 cm³/mol. The van der Waals surface area contributed by atoms with Gasteiger partial charge >= 0.3 is 0 Å². The first-order chi connectivity index (χ1) is 22.1. The first kappa shape index (κ1) is 29.8. The highest BCUT2D eigenvalue weighted by molar-refractivity contribution is 7.90. The third-order valence-corrected chi connectivity index (χ3v) is 9.82. The SMILES string of the molecule is CS(=O)(=O)C(N)c1cc(F)cc(-c2cccc3[nH]c(-c4n[nH]c5ccc(-c6cncc(NC(=O)C7CCCCC7)c6)nc45)cc23)c1. The van der Waals surface area contributed by atoms with Crippen LogP contribution in [0.25, 0.3) is 55.7 Å². The van der Waals surface area contributed by atoms with Gasteiger partial charge in [0.15, 0.2) is 9.84 Å². The first-order valence-electron chi connectivity index (χ1n) is 15.1. The van der Waals surface area contributed by atoms with Crippen LogP contribution >= 0.6 is 0 Å². The van der Waals surface area contributed by atoms with Crippen LogP contribution in [0.3, 0.4) is 0 Å². The number of hydrogen-bond acceptors (Lipinski definition) is 7. The summed E-state index contributed by atoms with van der Waals surface area (Å²) in [6.45, 7) is 0. The van der Waals surface area contributed by atoms with Crippen LogP contribution in [0, 0.1) is 11.7 Å². The summed E-state index contributed by atoms with van der Waals surface area (Å²) in [5.41, 5.74) is 12.8. The summed E-state index contributed by atoms with van der Waals surface area (Å²) < 4.78 is 38.9. The molecule has 2 aromatic carbocycles. The molecule has 7 rings (SSSR count). The highest BCUT2D eigenvalue weighted by atomic mass is 32.2. The Hall–Kier alpha value is -4.94. The van der Waals surface area contributed by atoms with Crippen molar-refractivity contribution in [3.8, 4) is 33.8 Å². The number of carbonyl (C=O) groups excluding carboxylic acids is 1. The molecule has 0 aliphatic heterocycles. The quantitative estimate of drug-likeness (QED) is 0.156. The maximum absolute atomic E-state index is 14.7. The maximum Gasteiger partial charge on any atom is 0.227 e. The van der Waals surface area contributed by atoms with Crippen molar-refractivity contribution in [3.05, 3.63) is 84.4 Å². The summed E-state index contributed by atoms with van der Waals surface area (Å²) in [5, 5.41) is 10.1. The number of H-pyrrole nitrogens is 2. The molecule has 46 heavy (non-hydrogen) atoms. The van der Waals surface area contributed by atoms with E-state index in [1.807, 2.05) is 42.5 Å². The standard InChI is InChI=1S/C34H32FN7O3S/c1-46(44,45)33(36)21-12-20(13-23(35)14-21)25-8-5-9-28-26(25)16-30(39-28)32-31-29(41-42-32)11-10-27(40-31)22-15-24(18-37-17-22)38-34(43)19-6-3-2-4-7-19/h5,8-19,33,39H,2-4,6-7,36H2,1H3,(H,38,43)(H,41,42). The zero-order chi connectivity index (χ0) is 32.0. The molecular weight excluding hydrogens is 605 g/mol. The summed E-state index contributed by atoms with van der Waals surface area (Å²) in [5.74, 6) is -0.517. The number of sulfone groups is 1. The minimum atomic E-state index is -3.63. The van der Waals surface area contributed by atoms with Gasteiger partial charge in [0, 0.05) is 34.8 Å². The maximum atomic E-state index is 14.7. The van der Waals surface area contributed by atoms with Crippen LogP contribution in [0.1, 0.15) is 43.0 Å². The van der Waals surface area contributed by atoms with Gasteiger partial charge in [0.25, 0.3) is 0 Å². The summed E-state index contributed by atoms with van der Waals surface area (Å²) in [4.78, 5) is 25.5. The molecule has 1 aliphatic rings. The Morgan fingerprint density at radius 2 is 1.83 bits per heavy atom. The molecule has 0 spiro atoms. The van der Waals surface area contributed by atoms with E-state index in [1.54, 1.807) is 18.5 Å². The van der Waals surface area contributed by atoms with Gasteiger partial charge in [0.05, 0.1) is 28.8 Å². The van der Waals surface area contributed by atoms with Crippen LogP contribution in [-0.4, -0.2) is 45.7 Å². The Morgan fingerprint density at radius 3 is 2.63 bits per heavy atom. The Kier molecular flexibility index (Phi) is 7.61. The summed E-state index contributed by atoms with van der Waals surface area (Å²) in [6, 6.07) is 17.3. The molecule has 5 N–H and O–H groups in total. The lowest BCUT2D eigenvalue weighted by Crippen LogP contribution is -2.24. The zero-order valence-electron chi connectivity index (χ0n) is 25.0. The number of pyridine rings is 2. The number of nitrogens with zero attached hydrogens (tertiary/aromatic N) is 3. The zero-order valence-corrected chi connectivity index (χ0v) is 25.9. The third kappa shape index (κ3) is 5.77. The van der Waals surface area contributed by atoms with Gasteiger partial charge < -0.3 is 16.0 Å². The number of aromatic amines is 2. The Morgan fingerprint density at radius 1 is 1.00 bits per heavy atom. The largest absolute Gasteiger partial charge is 0.353 e. The number of rotatable bonds is 7. The number of benzene rings is 2. The Bertz CT molecular complexity index is 2220. The second kappa shape index (κ2) is 11.8. The molecule has 4 heterocycles. The summed E-state index contributed by atoms with van der Waals surface area (Å²) >= 11 is 0. The number of carbonyl (C=O) groups is 1. The molecule has 10 nitrogen and oxygen atoms in total. The minimum Gasteiger partial charge on any atom is -0.353 e. The van der Waals surface area contributed by atoms with Crippen molar-refractivity contribution in [1.29, 1.82) is 0 Å². The fourth-order valence-electron chi connectivity index (χ4n) is 6.22. The number of aromatic nitrogens is 5. The van der Waals surface area contributed by atoms with Gasteiger partial charge in [-0.15, -0.1) is 0 Å². The first-order valence-corrected chi connectivity index (χ1v) is 17.1. The van der Waals surface area contributed by atoms with E-state index in [1.165, 1.54) is 12.5 Å². The molecular formula is C34H32FN7O3S. The van der Waals surface area contributed by atoms with E-state index >= 15 is 0 Å². The predicted octanol–water partition coefficient (Wildman–Crippen LogP) is 6.50. The molecule has 1 fully saturated rings. The Balaban J connectivity index is 1.23. The van der Waals surface area contributed by atoms with Crippen molar-refractivity contribution >= 4 is 43.4 Å². The molecule has 1 atom stereocenters. The van der Waals surface area contributed by atoms with Crippen LogP contribution in [0.4, 0.5) is 10.1 Å². The molecule has 0 radical (unpaired) electrons. The normalized spacial score (nSPS) is 14.9. The number of halogens is 1. The lowest BCUT2D eigenvalue weighted by atomic mass is 9.88. The smallest absolute Gasteiger partial charge is 0.227 e. The second-order valence-corrected chi connectivity index (χ2v) is 14.1. The van der Waals surface area contributed by atoms with E-state index in [-0.39, 0.29) is 17.4 Å². The van der Waals surface area contributed by atoms with Crippen molar-refractivity contribution in [2.45, 2.75) is 37.5 Å². The third-order valence-electron chi connectivity index (χ3n) is 8.63. The van der Waals surface area contributed by atoms with E-state index in [4.69, 9.17) is 10.7 Å². The van der Waals surface area contributed by atoms with Crippen LogP contribution < -0.4 is 11.1 Å². The Labute approximate surface area is 264 Å². The lowest BCUT2D eigenvalue weighted by Gasteiger charge is -2.20. The van der Waals surface area contributed by atoms with Crippen molar-refractivity contribution in [1.82, 2.24) is 25.1 Å². The molecule has 1 saturated carbocycles. The number of hydrogen-bond donors (Lipinski definition) is 4. The fourth-order valence-corrected chi connectivity index (χ4v) is 6.85. The topological polar surface area (TPSA) is 160 Å².